The quantitative estimate of drug-likeness (QED) is 0.291. The van der Waals surface area contributed by atoms with Crippen LogP contribution in [0, 0.1) is 0 Å². The van der Waals surface area contributed by atoms with Crippen molar-refractivity contribution in [2.75, 3.05) is 0 Å². The summed E-state index contributed by atoms with van der Waals surface area (Å²) < 4.78 is 17.9. The van der Waals surface area contributed by atoms with E-state index in [1.165, 1.54) is 0 Å². The molecule has 1 saturated carbocycles. The summed E-state index contributed by atoms with van der Waals surface area (Å²) in [5.41, 5.74) is 0.704. The van der Waals surface area contributed by atoms with E-state index in [9.17, 15) is 9.90 Å². The monoisotopic (exact) mass is 402 g/mol. The van der Waals surface area contributed by atoms with Gasteiger partial charge >= 0.3 is 5.97 Å². The predicted molar refractivity (Wildman–Crippen MR) is 107 cm³/mol. The number of aliphatic hydroxyl groups is 1. The van der Waals surface area contributed by atoms with Crippen LogP contribution in [0.15, 0.2) is 12.2 Å². The number of ether oxygens (including phenoxy) is 1. The van der Waals surface area contributed by atoms with Crippen molar-refractivity contribution in [2.24, 2.45) is 0 Å². The van der Waals surface area contributed by atoms with Gasteiger partial charge in [0.25, 0.3) is 0 Å². The fourth-order valence-electron chi connectivity index (χ4n) is 2.57. The number of hydrogen-bond acceptors (Lipinski definition) is 5. The molecule has 144 valence electrons. The van der Waals surface area contributed by atoms with E-state index >= 15 is 0 Å². The van der Waals surface area contributed by atoms with Crippen molar-refractivity contribution in [3.05, 3.63) is 12.2 Å². The summed E-state index contributed by atoms with van der Waals surface area (Å²) in [7, 11) is -2.92. The summed E-state index contributed by atoms with van der Waals surface area (Å²) in [6, 6.07) is 0. The predicted octanol–water partition coefficient (Wildman–Crippen LogP) is 3.50. The van der Waals surface area contributed by atoms with Gasteiger partial charge in [0.05, 0.1) is 6.10 Å². The minimum absolute atomic E-state index is 0.176. The molecule has 0 amide bonds. The van der Waals surface area contributed by atoms with Crippen molar-refractivity contribution in [1.82, 2.24) is 0 Å². The number of aliphatic hydroxyl groups excluding tert-OH is 1. The van der Waals surface area contributed by atoms with Gasteiger partial charge in [-0.3, -0.25) is 0 Å². The number of carbonyl (C=O) groups is 1. The van der Waals surface area contributed by atoms with Gasteiger partial charge in [0.2, 0.25) is 0 Å². The van der Waals surface area contributed by atoms with Gasteiger partial charge in [0.1, 0.15) is 21.5 Å². The minimum atomic E-state index is -1.71. The highest BCUT2D eigenvalue weighted by atomic mass is 28.4. The lowest BCUT2D eigenvalue weighted by Crippen LogP contribution is -2.45. The van der Waals surface area contributed by atoms with Gasteiger partial charge in [-0.25, -0.2) is 4.79 Å². The standard InChI is InChI=1S/C17H34O5Si3/c1-12(2)16(19)20-15-10-9-13(11-14(15)18)23-17(21-24(3,4)5)22-25(6,7)8/h13-15,17-18H,1,9-11H2,2-8H3. The third kappa shape index (κ3) is 9.30. The van der Waals surface area contributed by atoms with Crippen LogP contribution in [0.5, 0.6) is 0 Å². The minimum Gasteiger partial charge on any atom is -0.456 e. The normalized spacial score (nSPS) is 25.1. The first-order valence-electron chi connectivity index (χ1n) is 8.93. The number of carbonyl (C=O) groups excluding carboxylic acids is 1. The highest BCUT2D eigenvalue weighted by Gasteiger charge is 2.36. The molecule has 1 N–H and O–H groups in total. The molecule has 1 aliphatic carbocycles. The maximum Gasteiger partial charge on any atom is 0.333 e. The van der Waals surface area contributed by atoms with E-state index < -0.39 is 34.8 Å². The van der Waals surface area contributed by atoms with Gasteiger partial charge in [0, 0.05) is 5.57 Å². The average Bonchev–Trinajstić information content (AvgIpc) is 2.37. The number of rotatable bonds is 8. The molecule has 8 heteroatoms. The largest absolute Gasteiger partial charge is 0.456 e. The lowest BCUT2D eigenvalue weighted by Gasteiger charge is -2.37. The summed E-state index contributed by atoms with van der Waals surface area (Å²) >= 11 is 0. The molecule has 0 aromatic rings. The molecule has 3 unspecified atom stereocenters. The van der Waals surface area contributed by atoms with E-state index in [-0.39, 0.29) is 5.91 Å². The molecule has 0 heterocycles. The zero-order valence-electron chi connectivity index (χ0n) is 16.7. The molecular formula is C17H34O5Si3. The number of esters is 1. The molecule has 0 spiro atoms. The van der Waals surface area contributed by atoms with Crippen LogP contribution in [0.2, 0.25) is 44.8 Å². The second-order valence-corrected chi connectivity index (χ2v) is 19.3. The molecular weight excluding hydrogens is 368 g/mol. The Morgan fingerprint density at radius 1 is 1.12 bits per heavy atom. The SMILES string of the molecule is C=C(C)C(=O)OC1CCC([Si]C(O[Si](C)(C)C)O[Si](C)(C)C)CC1O. The van der Waals surface area contributed by atoms with Gasteiger partial charge in [0.15, 0.2) is 16.6 Å². The van der Waals surface area contributed by atoms with Crippen molar-refractivity contribution >= 4 is 32.1 Å². The average molecular weight is 403 g/mol. The first kappa shape index (κ1) is 22.8. The van der Waals surface area contributed by atoms with Gasteiger partial charge in [-0.15, -0.1) is 0 Å². The van der Waals surface area contributed by atoms with E-state index in [1.54, 1.807) is 6.92 Å². The molecule has 0 aliphatic heterocycles. The summed E-state index contributed by atoms with van der Waals surface area (Å²) in [6.45, 7) is 18.2. The van der Waals surface area contributed by atoms with Crippen LogP contribution in [-0.4, -0.2) is 55.4 Å². The van der Waals surface area contributed by atoms with Crippen LogP contribution in [-0.2, 0) is 18.4 Å². The third-order valence-corrected chi connectivity index (χ3v) is 7.47. The van der Waals surface area contributed by atoms with Crippen molar-refractivity contribution in [1.29, 1.82) is 0 Å². The lowest BCUT2D eigenvalue weighted by atomic mass is 9.94. The van der Waals surface area contributed by atoms with E-state index in [1.807, 2.05) is 0 Å². The Bertz CT molecular complexity index is 454. The fourth-order valence-corrected chi connectivity index (χ4v) is 7.81. The van der Waals surface area contributed by atoms with Gasteiger partial charge in [-0.2, -0.15) is 0 Å². The Labute approximate surface area is 157 Å². The topological polar surface area (TPSA) is 65.0 Å². The van der Waals surface area contributed by atoms with Crippen LogP contribution in [0.25, 0.3) is 0 Å². The molecule has 25 heavy (non-hydrogen) atoms. The molecule has 3 atom stereocenters. The van der Waals surface area contributed by atoms with Gasteiger partial charge in [-0.1, -0.05) is 6.58 Å². The Morgan fingerprint density at radius 3 is 2.04 bits per heavy atom. The second-order valence-electron chi connectivity index (χ2n) is 8.76. The van der Waals surface area contributed by atoms with Gasteiger partial charge in [-0.05, 0) is 71.0 Å². The molecule has 1 aliphatic rings. The molecule has 0 bridgehead atoms. The van der Waals surface area contributed by atoms with Crippen molar-refractivity contribution < 1.29 is 23.5 Å². The maximum atomic E-state index is 11.7. The Morgan fingerprint density at radius 2 is 1.64 bits per heavy atom. The molecule has 0 saturated heterocycles. The van der Waals surface area contributed by atoms with E-state index in [2.05, 4.69) is 45.9 Å². The van der Waals surface area contributed by atoms with Crippen LogP contribution in [0.3, 0.4) is 0 Å². The van der Waals surface area contributed by atoms with Crippen LogP contribution < -0.4 is 0 Å². The van der Waals surface area contributed by atoms with Crippen LogP contribution in [0.4, 0.5) is 0 Å². The van der Waals surface area contributed by atoms with Gasteiger partial charge < -0.3 is 18.7 Å². The molecule has 1 fully saturated rings. The van der Waals surface area contributed by atoms with Crippen molar-refractivity contribution in [3.63, 3.8) is 0 Å². The first-order valence-corrected chi connectivity index (χ1v) is 16.9. The lowest BCUT2D eigenvalue weighted by molar-refractivity contribution is -0.152. The number of hydrogen-bond donors (Lipinski definition) is 1. The van der Waals surface area contributed by atoms with E-state index in [0.29, 0.717) is 33.5 Å². The van der Waals surface area contributed by atoms with Crippen molar-refractivity contribution in [3.8, 4) is 0 Å². The van der Waals surface area contributed by atoms with Crippen LogP contribution in [0.1, 0.15) is 26.2 Å². The summed E-state index contributed by atoms with van der Waals surface area (Å²) in [4.78, 5) is 11.7. The smallest absolute Gasteiger partial charge is 0.333 e. The Hall–Kier alpha value is -0.259. The fraction of sp³-hybridized carbons (Fsp3) is 0.824. The molecule has 2 radical (unpaired) electrons. The first-order chi connectivity index (χ1) is 11.3. The Balaban J connectivity index is 2.63. The van der Waals surface area contributed by atoms with E-state index in [4.69, 9.17) is 13.6 Å². The summed E-state index contributed by atoms with van der Waals surface area (Å²) in [5, 5.41) is 10.4. The van der Waals surface area contributed by atoms with Crippen LogP contribution >= 0.6 is 0 Å². The second kappa shape index (κ2) is 9.10. The molecule has 5 nitrogen and oxygen atoms in total. The summed E-state index contributed by atoms with van der Waals surface area (Å²) in [6.07, 6.45) is 1.13. The van der Waals surface area contributed by atoms with E-state index in [0.717, 1.165) is 6.42 Å². The Kier molecular flexibility index (Phi) is 8.29. The van der Waals surface area contributed by atoms with Crippen molar-refractivity contribution in [2.45, 2.75) is 89.1 Å². The highest BCUT2D eigenvalue weighted by molar-refractivity contribution is 6.71. The summed E-state index contributed by atoms with van der Waals surface area (Å²) in [5.74, 6) is -0.600. The maximum absolute atomic E-state index is 11.7. The third-order valence-electron chi connectivity index (χ3n) is 3.65. The molecule has 0 aromatic heterocycles. The molecule has 1 rings (SSSR count). The highest BCUT2D eigenvalue weighted by Crippen LogP contribution is 2.32. The zero-order chi connectivity index (χ0) is 19.4. The zero-order valence-corrected chi connectivity index (χ0v) is 19.7. The molecule has 0 aromatic carbocycles.